The summed E-state index contributed by atoms with van der Waals surface area (Å²) in [7, 11) is 0. The molecule has 0 radical (unpaired) electrons. The number of benzene rings is 1. The molecule has 0 amide bonds. The summed E-state index contributed by atoms with van der Waals surface area (Å²) in [6.45, 7) is 3.60. The van der Waals surface area contributed by atoms with Crippen LogP contribution in [0.1, 0.15) is 18.9 Å². The van der Waals surface area contributed by atoms with Gasteiger partial charge in [0.25, 0.3) is 0 Å². The summed E-state index contributed by atoms with van der Waals surface area (Å²) in [6.07, 6.45) is 0.370. The monoisotopic (exact) mass is 235 g/mol. The molecular weight excluding hydrogens is 218 g/mol. The number of nitrogens with one attached hydrogen (secondary N) is 1. The lowest BCUT2D eigenvalue weighted by Crippen LogP contribution is -2.34. The maximum absolute atomic E-state index is 11.3. The number of hydrazine groups is 1. The predicted molar refractivity (Wildman–Crippen MR) is 66.3 cm³/mol. The molecule has 3 N–H and O–H groups in total. The molecule has 0 saturated carbocycles. The largest absolute Gasteiger partial charge is 0.466 e. The first-order valence-electron chi connectivity index (χ1n) is 5.75. The van der Waals surface area contributed by atoms with E-state index >= 15 is 0 Å². The first-order chi connectivity index (χ1) is 8.20. The average molecular weight is 235 g/mol. The third-order valence-electron chi connectivity index (χ3n) is 2.71. The molecule has 0 bridgehead atoms. The molecule has 5 heteroatoms. The van der Waals surface area contributed by atoms with Crippen molar-refractivity contribution in [2.24, 2.45) is 0 Å². The second kappa shape index (κ2) is 5.05. The Bertz CT molecular complexity index is 420. The highest BCUT2D eigenvalue weighted by molar-refractivity contribution is 5.71. The number of rotatable bonds is 4. The molecule has 1 aromatic carbocycles. The minimum absolute atomic E-state index is 0.174. The molecule has 2 rings (SSSR count). The Morgan fingerprint density at radius 1 is 1.59 bits per heavy atom. The molecule has 0 saturated heterocycles. The molecule has 1 aliphatic heterocycles. The summed E-state index contributed by atoms with van der Waals surface area (Å²) in [6, 6.07) is 5.80. The molecule has 92 valence electrons. The highest BCUT2D eigenvalue weighted by atomic mass is 16.5. The zero-order valence-electron chi connectivity index (χ0n) is 9.90. The van der Waals surface area contributed by atoms with Gasteiger partial charge in [-0.15, -0.1) is 0 Å². The van der Waals surface area contributed by atoms with Crippen LogP contribution >= 0.6 is 0 Å². The molecule has 1 heterocycles. The van der Waals surface area contributed by atoms with Gasteiger partial charge >= 0.3 is 5.97 Å². The molecule has 0 unspecified atom stereocenters. The van der Waals surface area contributed by atoms with Crippen LogP contribution in [0.2, 0.25) is 0 Å². The molecule has 0 aromatic heterocycles. The number of nitrogen functional groups attached to an aromatic ring is 1. The van der Waals surface area contributed by atoms with E-state index in [1.54, 1.807) is 0 Å². The van der Waals surface area contributed by atoms with Crippen LogP contribution in [0.5, 0.6) is 0 Å². The average Bonchev–Trinajstić information content (AvgIpc) is 2.69. The van der Waals surface area contributed by atoms with Gasteiger partial charge in [0, 0.05) is 18.8 Å². The van der Waals surface area contributed by atoms with E-state index in [1.807, 2.05) is 30.1 Å². The number of hydrogen-bond donors (Lipinski definition) is 2. The summed E-state index contributed by atoms with van der Waals surface area (Å²) in [4.78, 5) is 11.3. The molecule has 1 aliphatic rings. The van der Waals surface area contributed by atoms with Crippen molar-refractivity contribution in [3.8, 4) is 0 Å². The first-order valence-corrected chi connectivity index (χ1v) is 5.75. The standard InChI is InChI=1S/C12H17N3O2/c1-2-17-12(16)5-6-15-11-7-10(13)4-3-9(11)8-14-15/h3-4,7,14H,2,5-6,8,13H2,1H3. The highest BCUT2D eigenvalue weighted by Crippen LogP contribution is 2.27. The number of ether oxygens (including phenoxy) is 1. The summed E-state index contributed by atoms with van der Waals surface area (Å²) in [5.41, 5.74) is 11.9. The van der Waals surface area contributed by atoms with Crippen molar-refractivity contribution in [2.45, 2.75) is 19.9 Å². The van der Waals surface area contributed by atoms with E-state index in [-0.39, 0.29) is 5.97 Å². The molecule has 0 atom stereocenters. The second-order valence-corrected chi connectivity index (χ2v) is 3.93. The highest BCUT2D eigenvalue weighted by Gasteiger charge is 2.19. The summed E-state index contributed by atoms with van der Waals surface area (Å²) < 4.78 is 4.90. The van der Waals surface area contributed by atoms with Crippen molar-refractivity contribution in [3.05, 3.63) is 23.8 Å². The van der Waals surface area contributed by atoms with Gasteiger partial charge < -0.3 is 15.5 Å². The Morgan fingerprint density at radius 3 is 3.18 bits per heavy atom. The predicted octanol–water partition coefficient (Wildman–Crippen LogP) is 1.05. The Labute approximate surface area is 101 Å². The zero-order chi connectivity index (χ0) is 12.3. The van der Waals surface area contributed by atoms with Gasteiger partial charge in [0.2, 0.25) is 0 Å². The molecule has 0 aliphatic carbocycles. The van der Waals surface area contributed by atoms with Crippen molar-refractivity contribution in [1.29, 1.82) is 0 Å². The number of carbonyl (C=O) groups excluding carboxylic acids is 1. The van der Waals surface area contributed by atoms with Crippen LogP contribution in [0, 0.1) is 0 Å². The smallest absolute Gasteiger partial charge is 0.307 e. The summed E-state index contributed by atoms with van der Waals surface area (Å²) in [5, 5.41) is 1.95. The van der Waals surface area contributed by atoms with E-state index in [9.17, 15) is 4.79 Å². The van der Waals surface area contributed by atoms with E-state index in [1.165, 1.54) is 5.56 Å². The number of nitrogens with two attached hydrogens (primary N) is 1. The molecular formula is C12H17N3O2. The van der Waals surface area contributed by atoms with Gasteiger partial charge in [-0.25, -0.2) is 5.43 Å². The van der Waals surface area contributed by atoms with Crippen LogP contribution in [0.4, 0.5) is 11.4 Å². The summed E-state index contributed by atoms with van der Waals surface area (Å²) >= 11 is 0. The van der Waals surface area contributed by atoms with Crippen molar-refractivity contribution < 1.29 is 9.53 Å². The van der Waals surface area contributed by atoms with Gasteiger partial charge in [-0.05, 0) is 24.6 Å². The number of nitrogens with zero attached hydrogens (tertiary/aromatic N) is 1. The van der Waals surface area contributed by atoms with E-state index in [0.717, 1.165) is 17.9 Å². The first kappa shape index (κ1) is 11.7. The van der Waals surface area contributed by atoms with Gasteiger partial charge in [0.05, 0.1) is 18.7 Å². The van der Waals surface area contributed by atoms with E-state index < -0.39 is 0 Å². The van der Waals surface area contributed by atoms with Crippen molar-refractivity contribution in [3.63, 3.8) is 0 Å². The Balaban J connectivity index is 1.97. The van der Waals surface area contributed by atoms with Crippen LogP contribution in [-0.2, 0) is 16.1 Å². The lowest BCUT2D eigenvalue weighted by Gasteiger charge is -2.18. The minimum Gasteiger partial charge on any atom is -0.466 e. The number of carbonyl (C=O) groups is 1. The second-order valence-electron chi connectivity index (χ2n) is 3.93. The normalized spacial score (nSPS) is 13.6. The zero-order valence-corrected chi connectivity index (χ0v) is 9.90. The minimum atomic E-state index is -0.174. The molecule has 17 heavy (non-hydrogen) atoms. The van der Waals surface area contributed by atoms with Crippen LogP contribution < -0.4 is 16.2 Å². The van der Waals surface area contributed by atoms with Gasteiger partial charge in [-0.2, -0.15) is 0 Å². The fourth-order valence-electron chi connectivity index (χ4n) is 1.88. The van der Waals surface area contributed by atoms with Crippen molar-refractivity contribution in [2.75, 3.05) is 23.9 Å². The number of esters is 1. The van der Waals surface area contributed by atoms with Crippen LogP contribution in [0.3, 0.4) is 0 Å². The van der Waals surface area contributed by atoms with E-state index in [4.69, 9.17) is 10.5 Å². The topological polar surface area (TPSA) is 67.6 Å². The molecule has 1 aromatic rings. The molecule has 5 nitrogen and oxygen atoms in total. The van der Waals surface area contributed by atoms with E-state index in [2.05, 4.69) is 5.43 Å². The van der Waals surface area contributed by atoms with Gasteiger partial charge in [-0.1, -0.05) is 6.07 Å². The van der Waals surface area contributed by atoms with E-state index in [0.29, 0.717) is 19.6 Å². The number of anilines is 2. The fraction of sp³-hybridized carbons (Fsp3) is 0.417. The summed E-state index contributed by atoms with van der Waals surface area (Å²) in [5.74, 6) is -0.174. The lowest BCUT2D eigenvalue weighted by molar-refractivity contribution is -0.142. The van der Waals surface area contributed by atoms with Crippen molar-refractivity contribution >= 4 is 17.3 Å². The van der Waals surface area contributed by atoms with Crippen LogP contribution in [-0.4, -0.2) is 19.1 Å². The van der Waals surface area contributed by atoms with Gasteiger partial charge in [-0.3, -0.25) is 4.79 Å². The Hall–Kier alpha value is -1.75. The number of hydrogen-bond acceptors (Lipinski definition) is 5. The molecule has 0 spiro atoms. The van der Waals surface area contributed by atoms with Crippen LogP contribution in [0.15, 0.2) is 18.2 Å². The quantitative estimate of drug-likeness (QED) is 0.603. The maximum atomic E-state index is 11.3. The lowest BCUT2D eigenvalue weighted by atomic mass is 10.2. The van der Waals surface area contributed by atoms with Crippen molar-refractivity contribution in [1.82, 2.24) is 5.43 Å². The third kappa shape index (κ3) is 2.68. The third-order valence-corrected chi connectivity index (χ3v) is 2.71. The SMILES string of the molecule is CCOC(=O)CCN1NCc2ccc(N)cc21. The molecule has 0 fully saturated rings. The maximum Gasteiger partial charge on any atom is 0.307 e. The number of fused-ring (bicyclic) bond motifs is 1. The van der Waals surface area contributed by atoms with Crippen LogP contribution in [0.25, 0.3) is 0 Å². The fourth-order valence-corrected chi connectivity index (χ4v) is 1.88. The van der Waals surface area contributed by atoms with Gasteiger partial charge in [0.15, 0.2) is 0 Å². The Kier molecular flexibility index (Phi) is 3.49. The Morgan fingerprint density at radius 2 is 2.41 bits per heavy atom. The van der Waals surface area contributed by atoms with Gasteiger partial charge in [0.1, 0.15) is 0 Å².